The number of hydrogen-bond donors (Lipinski definition) is 0. The van der Waals surface area contributed by atoms with E-state index in [2.05, 4.69) is 0 Å². The van der Waals surface area contributed by atoms with Crippen molar-refractivity contribution in [3.05, 3.63) is 89.4 Å². The number of halogens is 3. The van der Waals surface area contributed by atoms with Gasteiger partial charge in [-0.15, -0.1) is 11.8 Å². The van der Waals surface area contributed by atoms with Gasteiger partial charge in [0.25, 0.3) is 0 Å². The Morgan fingerprint density at radius 2 is 1.88 bits per heavy atom. The van der Waals surface area contributed by atoms with Crippen LogP contribution in [-0.2, 0) is 15.7 Å². The molecule has 3 rings (SSSR count). The Balaban J connectivity index is 1.70. The van der Waals surface area contributed by atoms with Gasteiger partial charge < -0.3 is 13.9 Å². The fraction of sp³-hybridized carbons (Fsp3) is 0.240. The molecule has 1 heterocycles. The first-order chi connectivity index (χ1) is 15.8. The lowest BCUT2D eigenvalue weighted by molar-refractivity contribution is -0.145. The Kier molecular flexibility index (Phi) is 8.27. The van der Waals surface area contributed by atoms with Gasteiger partial charge in [0.2, 0.25) is 0 Å². The maximum Gasteiger partial charge on any atom is 0.416 e. The highest BCUT2D eigenvalue weighted by Gasteiger charge is 2.30. The number of esters is 1. The molecule has 0 saturated carbocycles. The van der Waals surface area contributed by atoms with Gasteiger partial charge in [-0.05, 0) is 67.4 Å². The van der Waals surface area contributed by atoms with Crippen molar-refractivity contribution in [2.45, 2.75) is 24.9 Å². The maximum atomic E-state index is 12.9. The summed E-state index contributed by atoms with van der Waals surface area (Å²) >= 11 is 1.56. The molecule has 0 atom stereocenters. The van der Waals surface area contributed by atoms with Gasteiger partial charge in [-0.2, -0.15) is 13.2 Å². The molecule has 2 aromatic carbocycles. The van der Waals surface area contributed by atoms with Crippen LogP contribution in [0.2, 0.25) is 0 Å². The minimum absolute atomic E-state index is 0.149. The Labute approximate surface area is 194 Å². The van der Waals surface area contributed by atoms with Gasteiger partial charge in [0.05, 0.1) is 18.4 Å². The van der Waals surface area contributed by atoms with Crippen LogP contribution in [0.3, 0.4) is 0 Å². The molecule has 0 saturated heterocycles. The van der Waals surface area contributed by atoms with E-state index >= 15 is 0 Å². The summed E-state index contributed by atoms with van der Waals surface area (Å²) in [7, 11) is 0. The largest absolute Gasteiger partial charge is 0.482 e. The van der Waals surface area contributed by atoms with Crippen molar-refractivity contribution in [1.29, 1.82) is 0 Å². The third-order valence-electron chi connectivity index (χ3n) is 4.64. The van der Waals surface area contributed by atoms with Crippen LogP contribution in [0, 0.1) is 6.92 Å². The first kappa shape index (κ1) is 24.5. The first-order valence-electron chi connectivity index (χ1n) is 10.2. The van der Waals surface area contributed by atoms with E-state index in [0.29, 0.717) is 35.0 Å². The van der Waals surface area contributed by atoms with Gasteiger partial charge in [0.1, 0.15) is 11.5 Å². The van der Waals surface area contributed by atoms with Crippen molar-refractivity contribution in [1.82, 2.24) is 0 Å². The summed E-state index contributed by atoms with van der Waals surface area (Å²) < 4.78 is 54.5. The highest BCUT2D eigenvalue weighted by molar-refractivity contribution is 7.99. The molecule has 0 spiro atoms. The summed E-state index contributed by atoms with van der Waals surface area (Å²) in [6.07, 6.45) is -0.932. The van der Waals surface area contributed by atoms with Crippen molar-refractivity contribution >= 4 is 23.3 Å². The predicted molar refractivity (Wildman–Crippen MR) is 121 cm³/mol. The number of furan rings is 1. The molecule has 174 valence electrons. The second-order valence-corrected chi connectivity index (χ2v) is 8.10. The highest BCUT2D eigenvalue weighted by Crippen LogP contribution is 2.32. The molecule has 0 amide bonds. The fourth-order valence-corrected chi connectivity index (χ4v) is 3.93. The third-order valence-corrected chi connectivity index (χ3v) is 5.57. The van der Waals surface area contributed by atoms with Crippen LogP contribution >= 0.6 is 11.8 Å². The lowest BCUT2D eigenvalue weighted by Gasteiger charge is -2.11. The summed E-state index contributed by atoms with van der Waals surface area (Å²) in [5.41, 5.74) is 1.53. The molecule has 0 fully saturated rings. The average molecular weight is 477 g/mol. The van der Waals surface area contributed by atoms with Gasteiger partial charge in [-0.3, -0.25) is 0 Å². The van der Waals surface area contributed by atoms with Gasteiger partial charge in [-0.25, -0.2) is 4.79 Å². The molecule has 1 aromatic heterocycles. The molecule has 0 unspecified atom stereocenters. The van der Waals surface area contributed by atoms with E-state index in [-0.39, 0.29) is 6.61 Å². The topological polar surface area (TPSA) is 48.7 Å². The summed E-state index contributed by atoms with van der Waals surface area (Å²) in [5.74, 6) is 1.33. The van der Waals surface area contributed by atoms with E-state index in [4.69, 9.17) is 13.9 Å². The number of rotatable bonds is 9. The Morgan fingerprint density at radius 3 is 2.48 bits per heavy atom. The Hall–Kier alpha value is -3.13. The number of carbonyl (C=O) groups excluding carboxylic acids is 1. The number of carbonyl (C=O) groups is 1. The van der Waals surface area contributed by atoms with Gasteiger partial charge >= 0.3 is 12.1 Å². The molecule has 4 nitrogen and oxygen atoms in total. The predicted octanol–water partition coefficient (Wildman–Crippen LogP) is 6.77. The first-order valence-corrected chi connectivity index (χ1v) is 11.2. The van der Waals surface area contributed by atoms with Crippen molar-refractivity contribution < 1.29 is 31.9 Å². The molecule has 33 heavy (non-hydrogen) atoms. The summed E-state index contributed by atoms with van der Waals surface area (Å²) in [4.78, 5) is 12.4. The quantitative estimate of drug-likeness (QED) is 0.252. The summed E-state index contributed by atoms with van der Waals surface area (Å²) in [5, 5.41) is 0. The van der Waals surface area contributed by atoms with Crippen LogP contribution in [0.5, 0.6) is 5.75 Å². The van der Waals surface area contributed by atoms with Crippen LogP contribution in [-0.4, -0.2) is 24.9 Å². The van der Waals surface area contributed by atoms with E-state index in [1.165, 1.54) is 18.4 Å². The minimum Gasteiger partial charge on any atom is -0.482 e. The Morgan fingerprint density at radius 1 is 1.12 bits per heavy atom. The van der Waals surface area contributed by atoms with Crippen LogP contribution in [0.25, 0.3) is 5.57 Å². The molecule has 0 aliphatic carbocycles. The number of alkyl halides is 3. The zero-order valence-corrected chi connectivity index (χ0v) is 19.0. The zero-order valence-electron chi connectivity index (χ0n) is 18.1. The third kappa shape index (κ3) is 6.92. The number of ether oxygens (including phenoxy) is 2. The highest BCUT2D eigenvalue weighted by atomic mass is 32.2. The smallest absolute Gasteiger partial charge is 0.416 e. The van der Waals surface area contributed by atoms with Gasteiger partial charge in [0.15, 0.2) is 6.61 Å². The van der Waals surface area contributed by atoms with Crippen LogP contribution < -0.4 is 4.74 Å². The maximum absolute atomic E-state index is 12.9. The number of benzene rings is 2. The Bertz CT molecular complexity index is 1090. The van der Waals surface area contributed by atoms with Crippen molar-refractivity contribution in [3.8, 4) is 5.75 Å². The van der Waals surface area contributed by atoms with Crippen LogP contribution in [0.4, 0.5) is 13.2 Å². The lowest BCUT2D eigenvalue weighted by Crippen LogP contribution is -2.14. The summed E-state index contributed by atoms with van der Waals surface area (Å²) in [6, 6.07) is 14.2. The monoisotopic (exact) mass is 476 g/mol. The molecular formula is C25H23F3O4S. The molecular weight excluding hydrogens is 453 g/mol. The van der Waals surface area contributed by atoms with E-state index in [0.717, 1.165) is 22.6 Å². The standard InChI is InChI=1S/C25H23F3O4S/c1-3-30-24(29)16-32-22-11-10-20(15-17(22)2)33-14-12-21(23-5-4-13-31-23)18-6-8-19(9-7-18)25(26,27)28/h4-13,15H,3,14,16H2,1-2H3/b21-12-. The van der Waals surface area contributed by atoms with E-state index in [1.54, 1.807) is 36.9 Å². The fourth-order valence-electron chi connectivity index (χ4n) is 3.07. The van der Waals surface area contributed by atoms with Crippen molar-refractivity contribution in [2.24, 2.45) is 0 Å². The van der Waals surface area contributed by atoms with Crippen LogP contribution in [0.1, 0.15) is 29.4 Å². The number of aryl methyl sites for hydroxylation is 1. The van der Waals surface area contributed by atoms with Gasteiger partial charge in [-0.1, -0.05) is 18.2 Å². The van der Waals surface area contributed by atoms with E-state index in [9.17, 15) is 18.0 Å². The second-order valence-electron chi connectivity index (χ2n) is 7.00. The van der Waals surface area contributed by atoms with Crippen molar-refractivity contribution in [3.63, 3.8) is 0 Å². The molecule has 8 heteroatoms. The average Bonchev–Trinajstić information content (AvgIpc) is 3.30. The number of hydrogen-bond acceptors (Lipinski definition) is 5. The second kappa shape index (κ2) is 11.1. The normalized spacial score (nSPS) is 12.0. The molecule has 3 aromatic rings. The van der Waals surface area contributed by atoms with E-state index in [1.807, 2.05) is 25.1 Å². The minimum atomic E-state index is -4.38. The molecule has 0 aliphatic rings. The van der Waals surface area contributed by atoms with E-state index < -0.39 is 17.7 Å². The SMILES string of the molecule is CCOC(=O)COc1ccc(SC/C=C(/c2ccc(C(F)(F)F)cc2)c2ccco2)cc1C. The molecule has 0 bridgehead atoms. The van der Waals surface area contributed by atoms with Gasteiger partial charge in [0, 0.05) is 16.2 Å². The zero-order chi connectivity index (χ0) is 23.8. The van der Waals surface area contributed by atoms with Crippen LogP contribution in [0.15, 0.2) is 76.2 Å². The summed E-state index contributed by atoms with van der Waals surface area (Å²) in [6.45, 7) is 3.77. The lowest BCUT2D eigenvalue weighted by atomic mass is 10.0. The number of thioether (sulfide) groups is 1. The molecule has 0 aliphatic heterocycles. The molecule has 0 N–H and O–H groups in total. The van der Waals surface area contributed by atoms with Crippen molar-refractivity contribution in [2.75, 3.05) is 19.0 Å². The molecule has 0 radical (unpaired) electrons.